The number of phenolic OH excluding ortho intramolecular Hbond substituents is 1. The molecule has 2 rings (SSSR count). The molecule has 0 aliphatic carbocycles. The van der Waals surface area contributed by atoms with Crippen molar-refractivity contribution >= 4 is 0 Å². The summed E-state index contributed by atoms with van der Waals surface area (Å²) < 4.78 is 0. The van der Waals surface area contributed by atoms with Gasteiger partial charge in [-0.2, -0.15) is 0 Å². The summed E-state index contributed by atoms with van der Waals surface area (Å²) in [6, 6.07) is 14.5. The molecule has 1 nitrogen and oxygen atoms in total. The van der Waals surface area contributed by atoms with Crippen molar-refractivity contribution in [2.45, 2.75) is 58.8 Å². The second-order valence-corrected chi connectivity index (χ2v) is 6.43. The molecule has 0 fully saturated rings. The zero-order valence-corrected chi connectivity index (χ0v) is 14.1. The normalized spacial score (nSPS) is 11.1. The quantitative estimate of drug-likeness (QED) is 0.594. The predicted molar refractivity (Wildman–Crippen MR) is 95.5 cm³/mol. The fourth-order valence-electron chi connectivity index (χ4n) is 2.82. The summed E-state index contributed by atoms with van der Waals surface area (Å²) in [4.78, 5) is 0. The average molecular weight is 296 g/mol. The monoisotopic (exact) mass is 296 g/mol. The Morgan fingerprint density at radius 1 is 0.909 bits per heavy atom. The standard InChI is InChI=1S/C21H28O/c1-4-5-6-7-8-17-9-10-19(16(2)3)15-21(17)18-11-13-20(22)14-12-18/h9-16,22H,4-8H2,1-3H3. The topological polar surface area (TPSA) is 20.2 Å². The van der Waals surface area contributed by atoms with Crippen molar-refractivity contribution in [3.05, 3.63) is 53.6 Å². The number of phenols is 1. The highest BCUT2D eigenvalue weighted by Gasteiger charge is 2.09. The van der Waals surface area contributed by atoms with Crippen molar-refractivity contribution < 1.29 is 5.11 Å². The SMILES string of the molecule is CCCCCCc1ccc(C(C)C)cc1-c1ccc(O)cc1. The summed E-state index contributed by atoms with van der Waals surface area (Å²) in [5.74, 6) is 0.860. The third kappa shape index (κ3) is 4.37. The zero-order valence-electron chi connectivity index (χ0n) is 14.1. The van der Waals surface area contributed by atoms with Crippen LogP contribution in [0.2, 0.25) is 0 Å². The summed E-state index contributed by atoms with van der Waals surface area (Å²) in [5, 5.41) is 9.52. The van der Waals surface area contributed by atoms with Crippen LogP contribution in [0.15, 0.2) is 42.5 Å². The average Bonchev–Trinajstić information content (AvgIpc) is 2.52. The van der Waals surface area contributed by atoms with Gasteiger partial charge in [0.25, 0.3) is 0 Å². The lowest BCUT2D eigenvalue weighted by molar-refractivity contribution is 0.475. The Labute approximate surface area is 135 Å². The van der Waals surface area contributed by atoms with Crippen LogP contribution in [0.4, 0.5) is 0 Å². The van der Waals surface area contributed by atoms with E-state index in [0.29, 0.717) is 11.7 Å². The Bertz CT molecular complexity index is 581. The Balaban J connectivity index is 2.29. The first-order chi connectivity index (χ1) is 10.6. The Kier molecular flexibility index (Phi) is 6.06. The molecule has 0 bridgehead atoms. The van der Waals surface area contributed by atoms with Gasteiger partial charge in [0, 0.05) is 0 Å². The van der Waals surface area contributed by atoms with Crippen LogP contribution in [0.25, 0.3) is 11.1 Å². The molecular formula is C21H28O. The second kappa shape index (κ2) is 8.03. The molecule has 2 aromatic rings. The van der Waals surface area contributed by atoms with E-state index in [4.69, 9.17) is 0 Å². The molecule has 1 heteroatoms. The van der Waals surface area contributed by atoms with E-state index in [9.17, 15) is 5.11 Å². The summed E-state index contributed by atoms with van der Waals surface area (Å²) in [6.07, 6.45) is 6.28. The molecule has 0 saturated carbocycles. The highest BCUT2D eigenvalue weighted by molar-refractivity contribution is 5.69. The van der Waals surface area contributed by atoms with Crippen LogP contribution in [-0.4, -0.2) is 5.11 Å². The van der Waals surface area contributed by atoms with E-state index in [-0.39, 0.29) is 0 Å². The van der Waals surface area contributed by atoms with Crippen LogP contribution in [0.1, 0.15) is 63.5 Å². The lowest BCUT2D eigenvalue weighted by atomic mass is 9.91. The second-order valence-electron chi connectivity index (χ2n) is 6.43. The molecule has 0 spiro atoms. The minimum Gasteiger partial charge on any atom is -0.508 e. The lowest BCUT2D eigenvalue weighted by Gasteiger charge is -2.14. The molecule has 0 aromatic heterocycles. The highest BCUT2D eigenvalue weighted by Crippen LogP contribution is 2.30. The van der Waals surface area contributed by atoms with Crippen LogP contribution in [0, 0.1) is 0 Å². The summed E-state index contributed by atoms with van der Waals surface area (Å²) in [6.45, 7) is 6.72. The first-order valence-corrected chi connectivity index (χ1v) is 8.54. The molecule has 0 aliphatic heterocycles. The predicted octanol–water partition coefficient (Wildman–Crippen LogP) is 6.31. The molecule has 0 saturated heterocycles. The van der Waals surface area contributed by atoms with Gasteiger partial charge in [0.05, 0.1) is 0 Å². The fraction of sp³-hybridized carbons (Fsp3) is 0.429. The highest BCUT2D eigenvalue weighted by atomic mass is 16.3. The van der Waals surface area contributed by atoms with Crippen LogP contribution in [0.5, 0.6) is 5.75 Å². The van der Waals surface area contributed by atoms with E-state index in [1.807, 2.05) is 12.1 Å². The number of benzene rings is 2. The maximum atomic E-state index is 9.52. The van der Waals surface area contributed by atoms with Crippen LogP contribution in [0.3, 0.4) is 0 Å². The van der Waals surface area contributed by atoms with Crippen molar-refractivity contribution in [3.8, 4) is 16.9 Å². The van der Waals surface area contributed by atoms with E-state index in [1.165, 1.54) is 47.9 Å². The van der Waals surface area contributed by atoms with Crippen molar-refractivity contribution in [3.63, 3.8) is 0 Å². The van der Waals surface area contributed by atoms with Gasteiger partial charge in [-0.25, -0.2) is 0 Å². The Hall–Kier alpha value is -1.76. The van der Waals surface area contributed by atoms with Crippen molar-refractivity contribution in [1.29, 1.82) is 0 Å². The number of hydrogen-bond donors (Lipinski definition) is 1. The van der Waals surface area contributed by atoms with E-state index >= 15 is 0 Å². The minimum absolute atomic E-state index is 0.327. The first-order valence-electron chi connectivity index (χ1n) is 8.54. The van der Waals surface area contributed by atoms with Gasteiger partial charge in [0.15, 0.2) is 0 Å². The van der Waals surface area contributed by atoms with Gasteiger partial charge in [-0.3, -0.25) is 0 Å². The Morgan fingerprint density at radius 3 is 2.27 bits per heavy atom. The van der Waals surface area contributed by atoms with Gasteiger partial charge in [-0.05, 0) is 53.1 Å². The molecule has 0 radical (unpaired) electrons. The number of unbranched alkanes of at least 4 members (excludes halogenated alkanes) is 3. The van der Waals surface area contributed by atoms with E-state index in [2.05, 4.69) is 39.0 Å². The van der Waals surface area contributed by atoms with Gasteiger partial charge in [-0.1, -0.05) is 70.4 Å². The van der Waals surface area contributed by atoms with Crippen LogP contribution >= 0.6 is 0 Å². The summed E-state index contributed by atoms with van der Waals surface area (Å²) in [5.41, 5.74) is 5.32. The lowest BCUT2D eigenvalue weighted by Crippen LogP contribution is -1.95. The van der Waals surface area contributed by atoms with E-state index in [0.717, 1.165) is 6.42 Å². The fourth-order valence-corrected chi connectivity index (χ4v) is 2.82. The van der Waals surface area contributed by atoms with Crippen LogP contribution in [-0.2, 0) is 6.42 Å². The van der Waals surface area contributed by atoms with Crippen molar-refractivity contribution in [2.24, 2.45) is 0 Å². The summed E-state index contributed by atoms with van der Waals surface area (Å²) in [7, 11) is 0. The maximum Gasteiger partial charge on any atom is 0.115 e. The first kappa shape index (κ1) is 16.6. The molecule has 0 amide bonds. The minimum atomic E-state index is 0.327. The third-order valence-electron chi connectivity index (χ3n) is 4.28. The van der Waals surface area contributed by atoms with Gasteiger partial charge in [0.2, 0.25) is 0 Å². The third-order valence-corrected chi connectivity index (χ3v) is 4.28. The van der Waals surface area contributed by atoms with Crippen molar-refractivity contribution in [1.82, 2.24) is 0 Å². The molecule has 1 N–H and O–H groups in total. The van der Waals surface area contributed by atoms with Gasteiger partial charge in [0.1, 0.15) is 5.75 Å². The molecule has 22 heavy (non-hydrogen) atoms. The van der Waals surface area contributed by atoms with Crippen LogP contribution < -0.4 is 0 Å². The smallest absolute Gasteiger partial charge is 0.115 e. The number of rotatable bonds is 7. The van der Waals surface area contributed by atoms with E-state index in [1.54, 1.807) is 12.1 Å². The molecular weight excluding hydrogens is 268 g/mol. The molecule has 0 heterocycles. The summed E-state index contributed by atoms with van der Waals surface area (Å²) >= 11 is 0. The molecule has 0 atom stereocenters. The molecule has 0 aliphatic rings. The molecule has 0 unspecified atom stereocenters. The molecule has 2 aromatic carbocycles. The van der Waals surface area contributed by atoms with Gasteiger partial charge in [-0.15, -0.1) is 0 Å². The van der Waals surface area contributed by atoms with Gasteiger partial charge < -0.3 is 5.11 Å². The Morgan fingerprint density at radius 2 is 1.64 bits per heavy atom. The van der Waals surface area contributed by atoms with E-state index < -0.39 is 0 Å². The number of hydrogen-bond acceptors (Lipinski definition) is 1. The largest absolute Gasteiger partial charge is 0.508 e. The number of aryl methyl sites for hydroxylation is 1. The maximum absolute atomic E-state index is 9.52. The molecule has 118 valence electrons. The van der Waals surface area contributed by atoms with Gasteiger partial charge >= 0.3 is 0 Å². The number of aromatic hydroxyl groups is 1. The zero-order chi connectivity index (χ0) is 15.9. The van der Waals surface area contributed by atoms with Crippen molar-refractivity contribution in [2.75, 3.05) is 0 Å².